The monoisotopic (exact) mass is 664 g/mol. The van der Waals surface area contributed by atoms with E-state index in [2.05, 4.69) is 12.1 Å². The van der Waals surface area contributed by atoms with Crippen molar-refractivity contribution in [3.63, 3.8) is 0 Å². The zero-order valence-corrected chi connectivity index (χ0v) is 28.4. The molecule has 0 aliphatic heterocycles. The molecule has 8 aromatic rings. The van der Waals surface area contributed by atoms with Crippen LogP contribution in [0.15, 0.2) is 130 Å². The molecule has 0 spiro atoms. The number of furan rings is 2. The van der Waals surface area contributed by atoms with Crippen LogP contribution in [0.4, 0.5) is 0 Å². The molecule has 2 heterocycles. The molecule has 1 N–H and O–H groups in total. The third-order valence-corrected chi connectivity index (χ3v) is 8.90. The van der Waals surface area contributed by atoms with Crippen LogP contribution in [0, 0.1) is 0 Å². The molecule has 8 rings (SSSR count). The Morgan fingerprint density at radius 2 is 1.00 bits per heavy atom. The lowest BCUT2D eigenvalue weighted by Crippen LogP contribution is -2.16. The van der Waals surface area contributed by atoms with Gasteiger partial charge in [0.25, 0.3) is 0 Å². The van der Waals surface area contributed by atoms with Crippen LogP contribution in [0.2, 0.25) is 0 Å². The van der Waals surface area contributed by atoms with Crippen LogP contribution in [-0.4, -0.2) is 32.4 Å². The maximum Gasteiger partial charge on any atom is 0.338 e. The standard InChI is InChI=1S/C22H20O3.C21H16O4/c1-22(2,23)18-10-6-4-8-14(18)16-12-17-15-9-5-7-11-19(15)25-21(17)13-20(16)24-3;1-23-19-12-20-17(14-8-5-6-10-18(14)25-20)11-16(19)13-7-3-4-9-15(13)21(22)24-2/h4-13,23H,1-3H3;3-12H,1-2H3. The number of benzene rings is 6. The molecule has 0 aliphatic rings. The minimum atomic E-state index is -0.949. The van der Waals surface area contributed by atoms with Gasteiger partial charge in [0.05, 0.1) is 32.5 Å². The van der Waals surface area contributed by atoms with Crippen LogP contribution in [0.1, 0.15) is 29.8 Å². The van der Waals surface area contributed by atoms with Crippen molar-refractivity contribution in [3.8, 4) is 33.8 Å². The molecule has 0 radical (unpaired) electrons. The summed E-state index contributed by atoms with van der Waals surface area (Å²) in [7, 11) is 4.64. The van der Waals surface area contributed by atoms with Gasteiger partial charge < -0.3 is 28.2 Å². The van der Waals surface area contributed by atoms with Crippen LogP contribution >= 0.6 is 0 Å². The second-order valence-electron chi connectivity index (χ2n) is 12.4. The summed E-state index contributed by atoms with van der Waals surface area (Å²) >= 11 is 0. The highest BCUT2D eigenvalue weighted by Crippen LogP contribution is 2.42. The normalized spacial score (nSPS) is 11.5. The average Bonchev–Trinajstić information content (AvgIpc) is 3.70. The van der Waals surface area contributed by atoms with Crippen molar-refractivity contribution in [2.45, 2.75) is 19.4 Å². The number of hydrogen-bond acceptors (Lipinski definition) is 7. The van der Waals surface area contributed by atoms with Crippen molar-refractivity contribution in [3.05, 3.63) is 132 Å². The molecule has 6 aromatic carbocycles. The third kappa shape index (κ3) is 5.82. The van der Waals surface area contributed by atoms with Gasteiger partial charge >= 0.3 is 5.97 Å². The van der Waals surface area contributed by atoms with Crippen molar-refractivity contribution in [2.24, 2.45) is 0 Å². The Balaban J connectivity index is 0.000000157. The van der Waals surface area contributed by atoms with Gasteiger partial charge in [-0.2, -0.15) is 0 Å². The first-order valence-electron chi connectivity index (χ1n) is 16.2. The predicted octanol–water partition coefficient (Wildman–Crippen LogP) is 10.5. The molecule has 0 amide bonds. The SMILES string of the molecule is COC(=O)c1ccccc1-c1cc2c(cc1OC)oc1ccccc12.COc1cc2oc3ccccc3c2cc1-c1ccccc1C(C)(C)O. The number of fused-ring (bicyclic) bond motifs is 6. The molecule has 250 valence electrons. The highest BCUT2D eigenvalue weighted by Gasteiger charge is 2.23. The molecule has 0 aliphatic carbocycles. The van der Waals surface area contributed by atoms with Gasteiger partial charge in [-0.15, -0.1) is 0 Å². The Hall–Kier alpha value is -6.05. The van der Waals surface area contributed by atoms with Crippen LogP contribution < -0.4 is 9.47 Å². The van der Waals surface area contributed by atoms with Gasteiger partial charge in [-0.05, 0) is 60.9 Å². The largest absolute Gasteiger partial charge is 0.496 e. The quantitative estimate of drug-likeness (QED) is 0.177. The smallest absolute Gasteiger partial charge is 0.338 e. The highest BCUT2D eigenvalue weighted by molar-refractivity contribution is 6.09. The molecular weight excluding hydrogens is 628 g/mol. The van der Waals surface area contributed by atoms with Crippen LogP contribution in [0.3, 0.4) is 0 Å². The maximum atomic E-state index is 12.2. The van der Waals surface area contributed by atoms with Gasteiger partial charge in [0, 0.05) is 44.8 Å². The summed E-state index contributed by atoms with van der Waals surface area (Å²) < 4.78 is 28.0. The molecule has 0 saturated heterocycles. The Labute approximate surface area is 289 Å². The summed E-state index contributed by atoms with van der Waals surface area (Å²) in [6.07, 6.45) is 0. The zero-order chi connectivity index (χ0) is 35.0. The second-order valence-corrected chi connectivity index (χ2v) is 12.4. The fourth-order valence-corrected chi connectivity index (χ4v) is 6.52. The molecule has 2 aromatic heterocycles. The van der Waals surface area contributed by atoms with Crippen LogP contribution in [0.25, 0.3) is 66.1 Å². The number of carbonyl (C=O) groups is 1. The number of para-hydroxylation sites is 2. The van der Waals surface area contributed by atoms with Crippen LogP contribution in [0.5, 0.6) is 11.5 Å². The zero-order valence-electron chi connectivity index (χ0n) is 28.4. The van der Waals surface area contributed by atoms with Gasteiger partial charge in [0.15, 0.2) is 0 Å². The average molecular weight is 665 g/mol. The summed E-state index contributed by atoms with van der Waals surface area (Å²) in [6, 6.07) is 38.9. The van der Waals surface area contributed by atoms with Crippen molar-refractivity contribution in [1.82, 2.24) is 0 Å². The van der Waals surface area contributed by atoms with Crippen molar-refractivity contribution in [2.75, 3.05) is 21.3 Å². The number of ether oxygens (including phenoxy) is 3. The minimum absolute atomic E-state index is 0.380. The fraction of sp³-hybridized carbons (Fsp3) is 0.140. The first-order valence-corrected chi connectivity index (χ1v) is 16.2. The maximum absolute atomic E-state index is 12.2. The highest BCUT2D eigenvalue weighted by atomic mass is 16.5. The number of esters is 1. The number of rotatable bonds is 6. The van der Waals surface area contributed by atoms with E-state index in [1.807, 2.05) is 103 Å². The van der Waals surface area contributed by atoms with Gasteiger partial charge in [-0.1, -0.05) is 78.9 Å². The predicted molar refractivity (Wildman–Crippen MR) is 198 cm³/mol. The summed E-state index contributed by atoms with van der Waals surface area (Å²) in [6.45, 7) is 3.59. The number of methoxy groups -OCH3 is 3. The summed E-state index contributed by atoms with van der Waals surface area (Å²) in [5.74, 6) is 0.987. The van der Waals surface area contributed by atoms with E-state index in [1.54, 1.807) is 34.1 Å². The lowest BCUT2D eigenvalue weighted by atomic mass is 9.89. The van der Waals surface area contributed by atoms with Gasteiger partial charge in [-0.25, -0.2) is 4.79 Å². The number of aliphatic hydroxyl groups is 1. The third-order valence-electron chi connectivity index (χ3n) is 8.90. The van der Waals surface area contributed by atoms with E-state index in [0.717, 1.165) is 77.4 Å². The molecule has 0 fully saturated rings. The first-order chi connectivity index (χ1) is 24.2. The first kappa shape index (κ1) is 32.5. The van der Waals surface area contributed by atoms with E-state index in [-0.39, 0.29) is 5.97 Å². The van der Waals surface area contributed by atoms with Gasteiger partial charge in [-0.3, -0.25) is 0 Å². The number of carbonyl (C=O) groups excluding carboxylic acids is 1. The molecule has 7 heteroatoms. The van der Waals surface area contributed by atoms with Crippen molar-refractivity contribution in [1.29, 1.82) is 0 Å². The van der Waals surface area contributed by atoms with E-state index in [4.69, 9.17) is 23.0 Å². The van der Waals surface area contributed by atoms with E-state index in [0.29, 0.717) is 11.3 Å². The Morgan fingerprint density at radius 1 is 0.540 bits per heavy atom. The summed E-state index contributed by atoms with van der Waals surface area (Å²) in [4.78, 5) is 12.2. The molecule has 0 saturated carbocycles. The van der Waals surface area contributed by atoms with Gasteiger partial charge in [0.1, 0.15) is 33.8 Å². The molecule has 0 bridgehead atoms. The van der Waals surface area contributed by atoms with E-state index >= 15 is 0 Å². The molecule has 0 atom stereocenters. The summed E-state index contributed by atoms with van der Waals surface area (Å²) in [5, 5.41) is 14.7. The fourth-order valence-electron chi connectivity index (χ4n) is 6.52. The Bertz CT molecular complexity index is 2510. The van der Waals surface area contributed by atoms with Crippen molar-refractivity contribution < 1.29 is 32.9 Å². The molecule has 50 heavy (non-hydrogen) atoms. The van der Waals surface area contributed by atoms with Crippen molar-refractivity contribution >= 4 is 49.8 Å². The second kappa shape index (κ2) is 13.1. The Morgan fingerprint density at radius 3 is 1.52 bits per heavy atom. The molecule has 7 nitrogen and oxygen atoms in total. The van der Waals surface area contributed by atoms with E-state index in [9.17, 15) is 9.90 Å². The number of hydrogen-bond donors (Lipinski definition) is 1. The molecular formula is C43H36O7. The van der Waals surface area contributed by atoms with E-state index < -0.39 is 5.60 Å². The summed E-state index contributed by atoms with van der Waals surface area (Å²) in [5.41, 5.74) is 7.11. The van der Waals surface area contributed by atoms with Gasteiger partial charge in [0.2, 0.25) is 0 Å². The lowest BCUT2D eigenvalue weighted by molar-refractivity contribution is 0.0601. The molecule has 0 unspecified atom stereocenters. The van der Waals surface area contributed by atoms with Crippen LogP contribution in [-0.2, 0) is 10.3 Å². The van der Waals surface area contributed by atoms with E-state index in [1.165, 1.54) is 7.11 Å². The lowest BCUT2D eigenvalue weighted by Gasteiger charge is -2.22. The Kier molecular flexibility index (Phi) is 8.52. The minimum Gasteiger partial charge on any atom is -0.496 e. The topological polar surface area (TPSA) is 91.3 Å².